The van der Waals surface area contributed by atoms with Crippen molar-refractivity contribution in [1.82, 2.24) is 9.47 Å². The van der Waals surface area contributed by atoms with E-state index in [4.69, 9.17) is 5.73 Å². The summed E-state index contributed by atoms with van der Waals surface area (Å²) in [6.07, 6.45) is 4.78. The van der Waals surface area contributed by atoms with Gasteiger partial charge in [0.15, 0.2) is 11.0 Å². The number of benzene rings is 1. The molecule has 1 amide bonds. The predicted molar refractivity (Wildman–Crippen MR) is 127 cm³/mol. The number of aliphatic hydroxyl groups excluding tert-OH is 2. The van der Waals surface area contributed by atoms with E-state index in [2.05, 4.69) is 27.9 Å². The van der Waals surface area contributed by atoms with Gasteiger partial charge in [-0.3, -0.25) is 4.79 Å². The molecule has 0 saturated carbocycles. The van der Waals surface area contributed by atoms with Crippen LogP contribution in [0, 0.1) is 0 Å². The average Bonchev–Trinajstić information content (AvgIpc) is 3.35. The number of β-amino-alcohol motifs (C(OH)–C–C–N with tert-alkyl or cyclic N) is 1. The van der Waals surface area contributed by atoms with E-state index in [1.54, 1.807) is 0 Å². The SMILES string of the molecule is CCCCCCN(C)C(=O)c1cc2c(cc1N1CCC(O)C1)[n+](CCO)c(CN)n2CC. The van der Waals surface area contributed by atoms with Crippen molar-refractivity contribution in [3.8, 4) is 0 Å². The quantitative estimate of drug-likeness (QED) is 0.360. The van der Waals surface area contributed by atoms with Gasteiger partial charge in [-0.2, -0.15) is 0 Å². The topological polar surface area (TPSA) is 98.8 Å². The average molecular weight is 447 g/mol. The molecule has 178 valence electrons. The second kappa shape index (κ2) is 11.1. The fourth-order valence-corrected chi connectivity index (χ4v) is 4.82. The standard InChI is InChI=1S/C24H40N5O3/c1-4-6-7-8-10-26(3)24(32)19-14-21-22(15-20(19)27-11-9-18(31)17-27)29(12-13-30)23(16-25)28(21)5-2/h14-15,18,30-31H,4-13,16-17,25H2,1-3H3/q+1. The van der Waals surface area contributed by atoms with Gasteiger partial charge in [-0.1, -0.05) is 26.2 Å². The zero-order valence-electron chi connectivity index (χ0n) is 19.9. The molecule has 3 rings (SSSR count). The van der Waals surface area contributed by atoms with Crippen LogP contribution in [0.15, 0.2) is 12.1 Å². The van der Waals surface area contributed by atoms with Crippen LogP contribution >= 0.6 is 0 Å². The Morgan fingerprint density at radius 1 is 1.28 bits per heavy atom. The second-order valence-corrected chi connectivity index (χ2v) is 8.77. The van der Waals surface area contributed by atoms with Crippen LogP contribution in [0.1, 0.15) is 62.1 Å². The van der Waals surface area contributed by atoms with Gasteiger partial charge >= 0.3 is 0 Å². The van der Waals surface area contributed by atoms with Gasteiger partial charge in [-0.05, 0) is 19.8 Å². The van der Waals surface area contributed by atoms with Crippen LogP contribution in [0.3, 0.4) is 0 Å². The minimum atomic E-state index is -0.384. The van der Waals surface area contributed by atoms with Crippen molar-refractivity contribution < 1.29 is 19.6 Å². The lowest BCUT2D eigenvalue weighted by Crippen LogP contribution is -2.41. The molecule has 1 aliphatic rings. The lowest BCUT2D eigenvalue weighted by atomic mass is 10.1. The number of nitrogens with zero attached hydrogens (tertiary/aromatic N) is 4. The molecule has 0 radical (unpaired) electrons. The summed E-state index contributed by atoms with van der Waals surface area (Å²) in [6, 6.07) is 4.03. The maximum Gasteiger partial charge on any atom is 0.271 e. The molecule has 2 heterocycles. The number of nitrogens with two attached hydrogens (primary N) is 1. The van der Waals surface area contributed by atoms with E-state index in [1.165, 1.54) is 12.8 Å². The van der Waals surface area contributed by atoms with Crippen LogP contribution in [0.4, 0.5) is 5.69 Å². The maximum atomic E-state index is 13.6. The Kier molecular flexibility index (Phi) is 8.51. The molecule has 32 heavy (non-hydrogen) atoms. The molecule has 0 aliphatic carbocycles. The molecule has 1 saturated heterocycles. The number of hydrogen-bond donors (Lipinski definition) is 3. The van der Waals surface area contributed by atoms with E-state index in [9.17, 15) is 15.0 Å². The third-order valence-electron chi connectivity index (χ3n) is 6.55. The zero-order chi connectivity index (χ0) is 23.3. The Morgan fingerprint density at radius 3 is 2.66 bits per heavy atom. The molecule has 8 nitrogen and oxygen atoms in total. The molecule has 4 N–H and O–H groups in total. The number of rotatable bonds is 11. The van der Waals surface area contributed by atoms with Gasteiger partial charge in [0, 0.05) is 38.8 Å². The highest BCUT2D eigenvalue weighted by atomic mass is 16.3. The summed E-state index contributed by atoms with van der Waals surface area (Å²) in [6.45, 7) is 7.74. The second-order valence-electron chi connectivity index (χ2n) is 8.77. The van der Waals surface area contributed by atoms with Crippen molar-refractivity contribution in [2.24, 2.45) is 5.73 Å². The highest BCUT2D eigenvalue weighted by molar-refractivity contribution is 6.03. The molecule has 1 fully saturated rings. The van der Waals surface area contributed by atoms with Crippen LogP contribution < -0.4 is 15.2 Å². The molecule has 8 heteroatoms. The molecular weight excluding hydrogens is 406 g/mol. The molecule has 1 atom stereocenters. The number of amides is 1. The summed E-state index contributed by atoms with van der Waals surface area (Å²) >= 11 is 0. The Labute approximate surface area is 191 Å². The van der Waals surface area contributed by atoms with E-state index in [0.29, 0.717) is 38.2 Å². The first-order valence-electron chi connectivity index (χ1n) is 12.0. The van der Waals surface area contributed by atoms with Crippen LogP contribution in [-0.4, -0.2) is 65.0 Å². The molecule has 1 unspecified atom stereocenters. The van der Waals surface area contributed by atoms with E-state index in [0.717, 1.165) is 48.5 Å². The monoisotopic (exact) mass is 446 g/mol. The van der Waals surface area contributed by atoms with E-state index in [-0.39, 0.29) is 18.6 Å². The van der Waals surface area contributed by atoms with Gasteiger partial charge in [0.2, 0.25) is 0 Å². The zero-order valence-corrected chi connectivity index (χ0v) is 19.9. The number of aliphatic hydroxyl groups is 2. The first kappa shape index (κ1) is 24.5. The molecule has 0 spiro atoms. The summed E-state index contributed by atoms with van der Waals surface area (Å²) in [4.78, 5) is 17.5. The first-order valence-corrected chi connectivity index (χ1v) is 12.0. The molecule has 1 aliphatic heterocycles. The van der Waals surface area contributed by atoms with Crippen molar-refractivity contribution in [2.45, 2.75) is 71.7 Å². The number of carbonyl (C=O) groups is 1. The van der Waals surface area contributed by atoms with Crippen LogP contribution in [0.5, 0.6) is 0 Å². The van der Waals surface area contributed by atoms with E-state index >= 15 is 0 Å². The molecular formula is C24H40N5O3+. The third-order valence-corrected chi connectivity index (χ3v) is 6.55. The van der Waals surface area contributed by atoms with Gasteiger partial charge in [-0.25, -0.2) is 9.13 Å². The van der Waals surface area contributed by atoms with Crippen molar-refractivity contribution in [3.63, 3.8) is 0 Å². The first-order chi connectivity index (χ1) is 15.5. The van der Waals surface area contributed by atoms with Crippen molar-refractivity contribution in [2.75, 3.05) is 38.2 Å². The largest absolute Gasteiger partial charge is 0.392 e. The van der Waals surface area contributed by atoms with Crippen molar-refractivity contribution >= 4 is 22.6 Å². The summed E-state index contributed by atoms with van der Waals surface area (Å²) in [5.41, 5.74) is 9.51. The van der Waals surface area contributed by atoms with Gasteiger partial charge in [-0.15, -0.1) is 0 Å². The summed E-state index contributed by atoms with van der Waals surface area (Å²) in [7, 11) is 1.87. The number of anilines is 1. The van der Waals surface area contributed by atoms with Crippen LogP contribution in [0.25, 0.3) is 11.0 Å². The van der Waals surface area contributed by atoms with E-state index in [1.807, 2.05) is 24.1 Å². The third kappa shape index (κ3) is 4.92. The van der Waals surface area contributed by atoms with Gasteiger partial charge in [0.25, 0.3) is 11.7 Å². The lowest BCUT2D eigenvalue weighted by molar-refractivity contribution is -0.681. The molecule has 1 aromatic carbocycles. The Bertz CT molecular complexity index is 926. The highest BCUT2D eigenvalue weighted by Gasteiger charge is 2.31. The lowest BCUT2D eigenvalue weighted by Gasteiger charge is -2.24. The number of fused-ring (bicyclic) bond motifs is 1. The normalized spacial score (nSPS) is 16.3. The predicted octanol–water partition coefficient (Wildman–Crippen LogP) is 1.62. The van der Waals surface area contributed by atoms with Crippen molar-refractivity contribution in [1.29, 1.82) is 0 Å². The van der Waals surface area contributed by atoms with Crippen molar-refractivity contribution in [3.05, 3.63) is 23.5 Å². The van der Waals surface area contributed by atoms with E-state index < -0.39 is 0 Å². The highest BCUT2D eigenvalue weighted by Crippen LogP contribution is 2.31. The summed E-state index contributed by atoms with van der Waals surface area (Å²) in [5.74, 6) is 0.938. The number of unbranched alkanes of at least 4 members (excludes halogenated alkanes) is 3. The number of hydrogen-bond acceptors (Lipinski definition) is 5. The summed E-state index contributed by atoms with van der Waals surface area (Å²) < 4.78 is 4.18. The number of aryl methyl sites for hydroxylation is 1. The Balaban J connectivity index is 2.09. The maximum absolute atomic E-state index is 13.6. The number of carbonyl (C=O) groups excluding carboxylic acids is 1. The molecule has 1 aromatic heterocycles. The Hall–Kier alpha value is -2.16. The van der Waals surface area contributed by atoms with Gasteiger partial charge in [0.1, 0.15) is 6.54 Å². The smallest absolute Gasteiger partial charge is 0.271 e. The minimum Gasteiger partial charge on any atom is -0.392 e. The summed E-state index contributed by atoms with van der Waals surface area (Å²) in [5, 5.41) is 19.8. The Morgan fingerprint density at radius 2 is 2.06 bits per heavy atom. The van der Waals surface area contributed by atoms with Gasteiger partial charge < -0.3 is 25.7 Å². The number of imidazole rings is 1. The molecule has 2 aromatic rings. The molecule has 0 bridgehead atoms. The van der Waals surface area contributed by atoms with Crippen LogP contribution in [0.2, 0.25) is 0 Å². The fraction of sp³-hybridized carbons (Fsp3) is 0.667. The van der Waals surface area contributed by atoms with Gasteiger partial charge in [0.05, 0.1) is 37.1 Å². The van der Waals surface area contributed by atoms with Crippen LogP contribution in [-0.2, 0) is 19.6 Å². The minimum absolute atomic E-state index is 0.00616. The number of aromatic nitrogens is 2. The fourth-order valence-electron chi connectivity index (χ4n) is 4.82.